The van der Waals surface area contributed by atoms with Gasteiger partial charge in [0.15, 0.2) is 6.61 Å². The molecule has 0 radical (unpaired) electrons. The van der Waals surface area contributed by atoms with Crippen LogP contribution in [0, 0.1) is 5.41 Å². The van der Waals surface area contributed by atoms with E-state index in [1.165, 1.54) is 0 Å². The number of likely N-dealkylation sites (tertiary alicyclic amines) is 1. The van der Waals surface area contributed by atoms with Gasteiger partial charge in [0.2, 0.25) is 0 Å². The van der Waals surface area contributed by atoms with Crippen LogP contribution in [0.5, 0.6) is 5.75 Å². The molecule has 2 N–H and O–H groups in total. The summed E-state index contributed by atoms with van der Waals surface area (Å²) in [6, 6.07) is 12.7. The second kappa shape index (κ2) is 14.1. The van der Waals surface area contributed by atoms with Crippen molar-refractivity contribution in [1.29, 1.82) is 0 Å². The summed E-state index contributed by atoms with van der Waals surface area (Å²) in [7, 11) is 0. The Balaban J connectivity index is 1.37. The third-order valence-electron chi connectivity index (χ3n) is 7.74. The fourth-order valence-electron chi connectivity index (χ4n) is 5.22. The van der Waals surface area contributed by atoms with E-state index in [2.05, 4.69) is 9.88 Å². The molecule has 2 aliphatic heterocycles. The van der Waals surface area contributed by atoms with Crippen LogP contribution in [-0.4, -0.2) is 88.5 Å². The van der Waals surface area contributed by atoms with Gasteiger partial charge < -0.3 is 24.6 Å². The Labute approximate surface area is 234 Å². The minimum absolute atomic E-state index is 0.141. The summed E-state index contributed by atoms with van der Waals surface area (Å²) in [6.45, 7) is 2.54. The number of hydrogen-bond acceptors (Lipinski definition) is 8. The van der Waals surface area contributed by atoms with Gasteiger partial charge in [-0.1, -0.05) is 24.1 Å². The molecule has 2 aromatic rings. The number of aliphatic hydroxyl groups excluding tert-OH is 2. The van der Waals surface area contributed by atoms with Gasteiger partial charge in [-0.05, 0) is 81.6 Å². The van der Waals surface area contributed by atoms with Crippen molar-refractivity contribution in [3.05, 3.63) is 59.4 Å². The standard InChI is InChI=1S/C29H38ClN3O6/c30-22-6-8-24(9-7-22)38-21-27(36)33-15-4-2-11-29(28(37)39-20-26(35)25(34)10-16-33)12-17-32(18-13-29)19-23-5-1-3-14-31-23/h1,3,5-9,14,25-26,34-35H,2,4,10-13,15-21H2/t25-,26+/m0/s1. The predicted octanol–water partition coefficient (Wildman–Crippen LogP) is 3.06. The van der Waals surface area contributed by atoms with Gasteiger partial charge in [-0.15, -0.1) is 0 Å². The molecule has 2 atom stereocenters. The maximum Gasteiger partial charge on any atom is 0.312 e. The van der Waals surface area contributed by atoms with Gasteiger partial charge in [0.25, 0.3) is 5.91 Å². The molecule has 1 aromatic heterocycles. The molecule has 39 heavy (non-hydrogen) atoms. The predicted molar refractivity (Wildman–Crippen MR) is 146 cm³/mol. The number of benzene rings is 1. The average molecular weight is 560 g/mol. The van der Waals surface area contributed by atoms with E-state index < -0.39 is 17.6 Å². The minimum Gasteiger partial charge on any atom is -0.484 e. The maximum absolute atomic E-state index is 13.3. The highest BCUT2D eigenvalue weighted by molar-refractivity contribution is 6.30. The second-order valence-electron chi connectivity index (χ2n) is 10.5. The van der Waals surface area contributed by atoms with E-state index in [9.17, 15) is 19.8 Å². The molecular formula is C29H38ClN3O6. The number of pyridine rings is 1. The van der Waals surface area contributed by atoms with Crippen molar-refractivity contribution in [3.63, 3.8) is 0 Å². The number of carbonyl (C=O) groups is 2. The summed E-state index contributed by atoms with van der Waals surface area (Å²) in [4.78, 5) is 34.6. The number of nitrogens with zero attached hydrogens (tertiary/aromatic N) is 3. The molecule has 3 heterocycles. The Morgan fingerprint density at radius 3 is 2.51 bits per heavy atom. The first-order valence-corrected chi connectivity index (χ1v) is 14.0. The van der Waals surface area contributed by atoms with Gasteiger partial charge >= 0.3 is 5.97 Å². The van der Waals surface area contributed by atoms with Gasteiger partial charge in [-0.25, -0.2) is 0 Å². The van der Waals surface area contributed by atoms with E-state index in [0.717, 1.165) is 31.7 Å². The number of aliphatic hydroxyl groups is 2. The Kier molecular flexibility index (Phi) is 10.6. The summed E-state index contributed by atoms with van der Waals surface area (Å²) in [6.07, 6.45) is 3.00. The number of ether oxygens (including phenoxy) is 2. The van der Waals surface area contributed by atoms with Crippen molar-refractivity contribution in [3.8, 4) is 5.75 Å². The summed E-state index contributed by atoms with van der Waals surface area (Å²) in [5.41, 5.74) is 0.346. The van der Waals surface area contributed by atoms with Gasteiger partial charge in [0.1, 0.15) is 18.5 Å². The van der Waals surface area contributed by atoms with Crippen molar-refractivity contribution >= 4 is 23.5 Å². The zero-order valence-electron chi connectivity index (χ0n) is 22.2. The minimum atomic E-state index is -1.22. The summed E-state index contributed by atoms with van der Waals surface area (Å²) < 4.78 is 11.2. The van der Waals surface area contributed by atoms with Crippen LogP contribution in [0.15, 0.2) is 48.7 Å². The first kappa shape index (κ1) is 29.3. The highest BCUT2D eigenvalue weighted by atomic mass is 35.5. The molecule has 0 aliphatic carbocycles. The lowest BCUT2D eigenvalue weighted by Gasteiger charge is -2.40. The molecule has 2 saturated heterocycles. The topological polar surface area (TPSA) is 112 Å². The number of carbonyl (C=O) groups excluding carboxylic acids is 2. The van der Waals surface area contributed by atoms with Crippen LogP contribution in [0.1, 0.15) is 44.2 Å². The van der Waals surface area contributed by atoms with E-state index in [-0.39, 0.29) is 38.1 Å². The lowest BCUT2D eigenvalue weighted by Crippen LogP contribution is -2.46. The molecule has 0 bridgehead atoms. The van der Waals surface area contributed by atoms with E-state index in [0.29, 0.717) is 43.0 Å². The molecule has 10 heteroatoms. The Bertz CT molecular complexity index is 1060. The average Bonchev–Trinajstić information content (AvgIpc) is 2.96. The largest absolute Gasteiger partial charge is 0.484 e. The SMILES string of the molecule is O=C(COc1ccc(Cl)cc1)N1CCCCC2(CCN(Cc3ccccn3)CC2)C(=O)OC[C@@H](O)[C@@H](O)CC1. The molecule has 2 aliphatic rings. The third-order valence-corrected chi connectivity index (χ3v) is 8.00. The van der Waals surface area contributed by atoms with Crippen molar-refractivity contribution in [2.24, 2.45) is 5.41 Å². The van der Waals surface area contributed by atoms with Crippen molar-refractivity contribution in [2.75, 3.05) is 39.4 Å². The van der Waals surface area contributed by atoms with Crippen molar-refractivity contribution in [1.82, 2.24) is 14.8 Å². The summed E-state index contributed by atoms with van der Waals surface area (Å²) >= 11 is 5.91. The molecule has 9 nitrogen and oxygen atoms in total. The molecule has 1 spiro atoms. The van der Waals surface area contributed by atoms with Gasteiger partial charge in [0.05, 0.1) is 17.2 Å². The number of rotatable bonds is 5. The number of esters is 1. The van der Waals surface area contributed by atoms with Crippen LogP contribution in [0.4, 0.5) is 0 Å². The fourth-order valence-corrected chi connectivity index (χ4v) is 5.34. The monoisotopic (exact) mass is 559 g/mol. The molecule has 4 rings (SSSR count). The first-order valence-electron chi connectivity index (χ1n) is 13.7. The van der Waals surface area contributed by atoms with Crippen LogP contribution in [-0.2, 0) is 20.9 Å². The molecule has 0 saturated carbocycles. The van der Waals surface area contributed by atoms with Gasteiger partial charge in [-0.3, -0.25) is 19.5 Å². The molecule has 0 unspecified atom stereocenters. The molecule has 2 fully saturated rings. The highest BCUT2D eigenvalue weighted by Gasteiger charge is 2.42. The highest BCUT2D eigenvalue weighted by Crippen LogP contribution is 2.38. The van der Waals surface area contributed by atoms with Gasteiger partial charge in [-0.2, -0.15) is 0 Å². The van der Waals surface area contributed by atoms with Gasteiger partial charge in [0, 0.05) is 30.9 Å². The maximum atomic E-state index is 13.3. The second-order valence-corrected chi connectivity index (χ2v) is 10.9. The van der Waals surface area contributed by atoms with Crippen LogP contribution in [0.25, 0.3) is 0 Å². The van der Waals surface area contributed by atoms with Crippen LogP contribution >= 0.6 is 11.6 Å². The van der Waals surface area contributed by atoms with E-state index >= 15 is 0 Å². The number of piperidine rings is 1. The molecular weight excluding hydrogens is 522 g/mol. The Morgan fingerprint density at radius 1 is 1.03 bits per heavy atom. The van der Waals surface area contributed by atoms with Crippen LogP contribution < -0.4 is 4.74 Å². The summed E-state index contributed by atoms with van der Waals surface area (Å²) in [5.74, 6) is 0.0298. The third kappa shape index (κ3) is 8.38. The quantitative estimate of drug-likeness (QED) is 0.538. The number of amides is 1. The number of hydrogen-bond donors (Lipinski definition) is 2. The van der Waals surface area contributed by atoms with E-state index in [1.807, 2.05) is 18.2 Å². The molecule has 212 valence electrons. The van der Waals surface area contributed by atoms with Crippen LogP contribution in [0.3, 0.4) is 0 Å². The number of cyclic esters (lactones) is 1. The molecule has 1 amide bonds. The fraction of sp³-hybridized carbons (Fsp3) is 0.552. The lowest BCUT2D eigenvalue weighted by atomic mass is 9.74. The van der Waals surface area contributed by atoms with Crippen molar-refractivity contribution in [2.45, 2.75) is 57.3 Å². The Morgan fingerprint density at radius 2 is 1.79 bits per heavy atom. The zero-order valence-corrected chi connectivity index (χ0v) is 23.0. The summed E-state index contributed by atoms with van der Waals surface area (Å²) in [5, 5.41) is 21.5. The molecule has 1 aromatic carbocycles. The van der Waals surface area contributed by atoms with E-state index in [4.69, 9.17) is 21.1 Å². The smallest absolute Gasteiger partial charge is 0.312 e. The normalized spacial score (nSPS) is 23.3. The number of aromatic nitrogens is 1. The van der Waals surface area contributed by atoms with Crippen LogP contribution in [0.2, 0.25) is 5.02 Å². The Hall–Kier alpha value is -2.72. The zero-order chi connectivity index (χ0) is 27.7. The van der Waals surface area contributed by atoms with E-state index in [1.54, 1.807) is 35.4 Å². The first-order chi connectivity index (χ1) is 18.8. The van der Waals surface area contributed by atoms with Crippen molar-refractivity contribution < 1.29 is 29.3 Å². The number of halogens is 1. The lowest BCUT2D eigenvalue weighted by molar-refractivity contribution is -0.165.